The number of amides is 1. The summed E-state index contributed by atoms with van der Waals surface area (Å²) in [6, 6.07) is 7.74. The molecular weight excluding hydrogens is 216 g/mol. The molecule has 0 aliphatic heterocycles. The number of hydrogen-bond donors (Lipinski definition) is 1. The Hall–Kier alpha value is -2.43. The van der Waals surface area contributed by atoms with Gasteiger partial charge in [0.25, 0.3) is 0 Å². The fraction of sp³-hybridized carbons (Fsp3) is 0.0833. The van der Waals surface area contributed by atoms with Crippen molar-refractivity contribution in [2.75, 3.05) is 0 Å². The molecule has 0 bridgehead atoms. The number of aromatic nitrogens is 2. The second-order valence-corrected chi connectivity index (χ2v) is 3.49. The van der Waals surface area contributed by atoms with Gasteiger partial charge in [0.05, 0.1) is 12.5 Å². The van der Waals surface area contributed by atoms with Gasteiger partial charge in [0, 0.05) is 25.0 Å². The number of benzene rings is 1. The van der Waals surface area contributed by atoms with Gasteiger partial charge in [-0.3, -0.25) is 4.79 Å². The normalized spacial score (nSPS) is 10.6. The van der Waals surface area contributed by atoms with Crippen molar-refractivity contribution < 1.29 is 4.79 Å². The van der Waals surface area contributed by atoms with Crippen LogP contribution in [0.1, 0.15) is 12.5 Å². The number of carbonyl (C=O) groups is 1. The molecule has 1 aromatic heterocycles. The van der Waals surface area contributed by atoms with E-state index in [-0.39, 0.29) is 5.91 Å². The first-order chi connectivity index (χ1) is 8.25. The van der Waals surface area contributed by atoms with Crippen LogP contribution in [0.2, 0.25) is 0 Å². The van der Waals surface area contributed by atoms with Crippen molar-refractivity contribution in [3.63, 3.8) is 0 Å². The van der Waals surface area contributed by atoms with E-state index in [9.17, 15) is 4.79 Å². The molecule has 86 valence electrons. The molecular formula is C12H12N4O. The van der Waals surface area contributed by atoms with Gasteiger partial charge in [0.1, 0.15) is 0 Å². The summed E-state index contributed by atoms with van der Waals surface area (Å²) >= 11 is 0. The van der Waals surface area contributed by atoms with E-state index in [1.165, 1.54) is 6.92 Å². The number of hydrogen-bond acceptors (Lipinski definition) is 3. The van der Waals surface area contributed by atoms with Gasteiger partial charge < -0.3 is 4.57 Å². The number of nitrogens with one attached hydrogen (secondary N) is 1. The molecule has 0 atom stereocenters. The average molecular weight is 228 g/mol. The van der Waals surface area contributed by atoms with Crippen molar-refractivity contribution in [2.24, 2.45) is 5.10 Å². The minimum absolute atomic E-state index is 0.184. The summed E-state index contributed by atoms with van der Waals surface area (Å²) in [5.74, 6) is -0.184. The van der Waals surface area contributed by atoms with Crippen LogP contribution in [0.15, 0.2) is 48.1 Å². The Bertz CT molecular complexity index is 514. The maximum Gasteiger partial charge on any atom is 0.236 e. The van der Waals surface area contributed by atoms with Gasteiger partial charge in [0.2, 0.25) is 5.91 Å². The van der Waals surface area contributed by atoms with E-state index >= 15 is 0 Å². The van der Waals surface area contributed by atoms with E-state index in [0.717, 1.165) is 11.3 Å². The highest BCUT2D eigenvalue weighted by Crippen LogP contribution is 2.07. The fourth-order valence-corrected chi connectivity index (χ4v) is 1.34. The molecule has 0 spiro atoms. The van der Waals surface area contributed by atoms with Gasteiger partial charge in [-0.05, 0) is 17.7 Å². The van der Waals surface area contributed by atoms with Crippen molar-refractivity contribution >= 4 is 12.1 Å². The molecule has 2 aromatic rings. The molecule has 0 saturated carbocycles. The topological polar surface area (TPSA) is 59.3 Å². The summed E-state index contributed by atoms with van der Waals surface area (Å²) in [5, 5.41) is 3.79. The molecule has 17 heavy (non-hydrogen) atoms. The third kappa shape index (κ3) is 3.01. The van der Waals surface area contributed by atoms with Crippen LogP contribution in [0.25, 0.3) is 5.69 Å². The zero-order valence-corrected chi connectivity index (χ0v) is 9.37. The van der Waals surface area contributed by atoms with Crippen LogP contribution in [0.3, 0.4) is 0 Å². The fourth-order valence-electron chi connectivity index (χ4n) is 1.34. The molecule has 5 heteroatoms. The zero-order chi connectivity index (χ0) is 12.1. The third-order valence-corrected chi connectivity index (χ3v) is 2.13. The summed E-state index contributed by atoms with van der Waals surface area (Å²) < 4.78 is 1.91. The molecule has 2 rings (SSSR count). The number of nitrogens with zero attached hydrogens (tertiary/aromatic N) is 3. The van der Waals surface area contributed by atoms with Crippen molar-refractivity contribution in [3.05, 3.63) is 48.5 Å². The highest BCUT2D eigenvalue weighted by atomic mass is 16.2. The SMILES string of the molecule is CC(=O)N/N=C\c1ccc(-n2ccnc2)cc1. The molecule has 0 fully saturated rings. The van der Waals surface area contributed by atoms with Crippen molar-refractivity contribution in [2.45, 2.75) is 6.92 Å². The molecule has 0 saturated heterocycles. The van der Waals surface area contributed by atoms with E-state index in [1.807, 2.05) is 35.0 Å². The number of rotatable bonds is 3. The first kappa shape index (κ1) is 11.1. The highest BCUT2D eigenvalue weighted by Gasteiger charge is 1.94. The molecule has 0 radical (unpaired) electrons. The van der Waals surface area contributed by atoms with E-state index in [1.54, 1.807) is 18.7 Å². The van der Waals surface area contributed by atoms with Gasteiger partial charge in [-0.2, -0.15) is 5.10 Å². The van der Waals surface area contributed by atoms with E-state index in [4.69, 9.17) is 0 Å². The van der Waals surface area contributed by atoms with E-state index in [2.05, 4.69) is 15.5 Å². The molecule has 0 aliphatic rings. The Morgan fingerprint density at radius 1 is 1.41 bits per heavy atom. The summed E-state index contributed by atoms with van der Waals surface area (Å²) in [4.78, 5) is 14.6. The monoisotopic (exact) mass is 228 g/mol. The molecule has 1 aromatic carbocycles. The molecule has 5 nitrogen and oxygen atoms in total. The second kappa shape index (κ2) is 5.07. The number of hydrazone groups is 1. The number of carbonyl (C=O) groups excluding carboxylic acids is 1. The molecule has 0 aliphatic carbocycles. The Morgan fingerprint density at radius 2 is 2.18 bits per heavy atom. The Labute approximate surface area is 98.8 Å². The van der Waals surface area contributed by atoms with Gasteiger partial charge in [0.15, 0.2) is 0 Å². The molecule has 1 heterocycles. The van der Waals surface area contributed by atoms with Crippen LogP contribution in [-0.4, -0.2) is 21.7 Å². The van der Waals surface area contributed by atoms with Crippen LogP contribution in [0, 0.1) is 0 Å². The van der Waals surface area contributed by atoms with Gasteiger partial charge in [-0.15, -0.1) is 0 Å². The van der Waals surface area contributed by atoms with Gasteiger partial charge >= 0.3 is 0 Å². The summed E-state index contributed by atoms with van der Waals surface area (Å²) in [7, 11) is 0. The minimum atomic E-state index is -0.184. The molecule has 0 unspecified atom stereocenters. The first-order valence-electron chi connectivity index (χ1n) is 5.14. The Morgan fingerprint density at radius 3 is 2.76 bits per heavy atom. The third-order valence-electron chi connectivity index (χ3n) is 2.13. The van der Waals surface area contributed by atoms with E-state index < -0.39 is 0 Å². The first-order valence-corrected chi connectivity index (χ1v) is 5.14. The van der Waals surface area contributed by atoms with Crippen LogP contribution in [-0.2, 0) is 4.79 Å². The average Bonchev–Trinajstić information content (AvgIpc) is 2.83. The lowest BCUT2D eigenvalue weighted by molar-refractivity contribution is -0.118. The Kier molecular flexibility index (Phi) is 3.30. The van der Waals surface area contributed by atoms with Crippen molar-refractivity contribution in [3.8, 4) is 5.69 Å². The van der Waals surface area contributed by atoms with Crippen LogP contribution >= 0.6 is 0 Å². The lowest BCUT2D eigenvalue weighted by Gasteiger charge is -2.01. The van der Waals surface area contributed by atoms with Crippen molar-refractivity contribution in [1.29, 1.82) is 0 Å². The molecule has 1 amide bonds. The van der Waals surface area contributed by atoms with E-state index in [0.29, 0.717) is 0 Å². The minimum Gasteiger partial charge on any atom is -0.306 e. The Balaban J connectivity index is 2.08. The maximum absolute atomic E-state index is 10.6. The molecule has 1 N–H and O–H groups in total. The largest absolute Gasteiger partial charge is 0.306 e. The smallest absolute Gasteiger partial charge is 0.236 e. The lowest BCUT2D eigenvalue weighted by atomic mass is 10.2. The summed E-state index contributed by atoms with van der Waals surface area (Å²) in [5.41, 5.74) is 4.30. The van der Waals surface area contributed by atoms with Gasteiger partial charge in [-0.1, -0.05) is 12.1 Å². The van der Waals surface area contributed by atoms with Crippen LogP contribution in [0.4, 0.5) is 0 Å². The standard InChI is InChI=1S/C12H12N4O/c1-10(17)15-14-8-11-2-4-12(5-3-11)16-7-6-13-9-16/h2-9H,1H3,(H,15,17)/b14-8-. The van der Waals surface area contributed by atoms with Crippen LogP contribution < -0.4 is 5.43 Å². The quantitative estimate of drug-likeness (QED) is 0.636. The lowest BCUT2D eigenvalue weighted by Crippen LogP contribution is -2.12. The number of imidazole rings is 1. The second-order valence-electron chi connectivity index (χ2n) is 3.49. The summed E-state index contributed by atoms with van der Waals surface area (Å²) in [6.45, 7) is 1.42. The zero-order valence-electron chi connectivity index (χ0n) is 9.37. The predicted octanol–water partition coefficient (Wildman–Crippen LogP) is 1.34. The highest BCUT2D eigenvalue weighted by molar-refractivity contribution is 5.81. The predicted molar refractivity (Wildman–Crippen MR) is 65.0 cm³/mol. The van der Waals surface area contributed by atoms with Gasteiger partial charge in [-0.25, -0.2) is 10.4 Å². The van der Waals surface area contributed by atoms with Crippen molar-refractivity contribution in [1.82, 2.24) is 15.0 Å². The maximum atomic E-state index is 10.6. The summed E-state index contributed by atoms with van der Waals surface area (Å²) in [6.07, 6.45) is 6.94. The van der Waals surface area contributed by atoms with Crippen LogP contribution in [0.5, 0.6) is 0 Å².